The summed E-state index contributed by atoms with van der Waals surface area (Å²) in [4.78, 5) is 0. The van der Waals surface area contributed by atoms with E-state index in [1.165, 1.54) is 0 Å². The molecule has 1 rings (SSSR count). The minimum atomic E-state index is -3.09. The van der Waals surface area contributed by atoms with E-state index in [2.05, 4.69) is 10.0 Å². The predicted octanol–water partition coefficient (Wildman–Crippen LogP) is 0.0844. The molecule has 16 heavy (non-hydrogen) atoms. The van der Waals surface area contributed by atoms with Crippen molar-refractivity contribution < 1.29 is 13.2 Å². The van der Waals surface area contributed by atoms with Crippen molar-refractivity contribution in [3.8, 4) is 0 Å². The molecule has 0 amide bonds. The lowest BCUT2D eigenvalue weighted by molar-refractivity contribution is 0.105. The summed E-state index contributed by atoms with van der Waals surface area (Å²) >= 11 is 0. The number of nitrogens with one attached hydrogen (secondary N) is 2. The van der Waals surface area contributed by atoms with Crippen molar-refractivity contribution in [2.75, 3.05) is 32.5 Å². The fraction of sp³-hybridized carbons (Fsp3) is 1.00. The molecule has 1 aliphatic heterocycles. The summed E-state index contributed by atoms with van der Waals surface area (Å²) in [6.07, 6.45) is 3.83. The van der Waals surface area contributed by atoms with E-state index >= 15 is 0 Å². The number of hydrogen-bond acceptors (Lipinski definition) is 4. The fourth-order valence-electron chi connectivity index (χ4n) is 1.76. The maximum absolute atomic E-state index is 11.5. The van der Waals surface area contributed by atoms with E-state index in [-0.39, 0.29) is 11.9 Å². The van der Waals surface area contributed by atoms with Gasteiger partial charge in [0.1, 0.15) is 0 Å². The zero-order valence-corrected chi connectivity index (χ0v) is 10.7. The minimum Gasteiger partial charge on any atom is -0.378 e. The van der Waals surface area contributed by atoms with Crippen molar-refractivity contribution in [2.24, 2.45) is 0 Å². The van der Waals surface area contributed by atoms with Gasteiger partial charge in [0.15, 0.2) is 0 Å². The number of hydrogen-bond donors (Lipinski definition) is 2. The normalized spacial score (nSPS) is 21.4. The molecule has 0 saturated carbocycles. The van der Waals surface area contributed by atoms with Gasteiger partial charge in [0.2, 0.25) is 10.0 Å². The van der Waals surface area contributed by atoms with Crippen LogP contribution in [0.25, 0.3) is 0 Å². The van der Waals surface area contributed by atoms with E-state index in [0.29, 0.717) is 13.0 Å². The fourth-order valence-corrected chi connectivity index (χ4v) is 2.86. The largest absolute Gasteiger partial charge is 0.378 e. The average molecular weight is 250 g/mol. The Morgan fingerprint density at radius 1 is 1.38 bits per heavy atom. The van der Waals surface area contributed by atoms with E-state index in [9.17, 15) is 8.42 Å². The quantitative estimate of drug-likeness (QED) is 0.599. The average Bonchev–Trinajstić information content (AvgIpc) is 2.70. The lowest BCUT2D eigenvalue weighted by atomic mass is 10.2. The SMILES string of the molecule is CNCCCS(=O)(=O)NCCC1CCCO1. The maximum atomic E-state index is 11.5. The van der Waals surface area contributed by atoms with Crippen LogP contribution in [0, 0.1) is 0 Å². The Bertz CT molecular complexity index is 274. The van der Waals surface area contributed by atoms with Crippen molar-refractivity contribution in [1.29, 1.82) is 0 Å². The summed E-state index contributed by atoms with van der Waals surface area (Å²) in [5.41, 5.74) is 0. The van der Waals surface area contributed by atoms with Crippen molar-refractivity contribution >= 4 is 10.0 Å². The van der Waals surface area contributed by atoms with Crippen LogP contribution in [0.3, 0.4) is 0 Å². The molecule has 1 saturated heterocycles. The first kappa shape index (κ1) is 13.9. The molecule has 0 aromatic rings. The minimum absolute atomic E-state index is 0.194. The van der Waals surface area contributed by atoms with Gasteiger partial charge < -0.3 is 10.1 Å². The third-order valence-corrected chi connectivity index (χ3v) is 4.12. The van der Waals surface area contributed by atoms with Crippen LogP contribution in [-0.2, 0) is 14.8 Å². The Balaban J connectivity index is 2.09. The predicted molar refractivity (Wildman–Crippen MR) is 63.9 cm³/mol. The number of sulfonamides is 1. The Morgan fingerprint density at radius 3 is 2.81 bits per heavy atom. The van der Waals surface area contributed by atoms with Crippen molar-refractivity contribution in [2.45, 2.75) is 31.8 Å². The Hall–Kier alpha value is -0.170. The molecule has 5 nitrogen and oxygen atoms in total. The number of ether oxygens (including phenoxy) is 1. The van der Waals surface area contributed by atoms with Crippen LogP contribution in [0.5, 0.6) is 0 Å². The van der Waals surface area contributed by atoms with E-state index in [1.807, 2.05) is 7.05 Å². The maximum Gasteiger partial charge on any atom is 0.211 e. The summed E-state index contributed by atoms with van der Waals surface area (Å²) in [5, 5.41) is 2.93. The van der Waals surface area contributed by atoms with Gasteiger partial charge in [0.05, 0.1) is 11.9 Å². The molecule has 0 bridgehead atoms. The van der Waals surface area contributed by atoms with Crippen LogP contribution in [-0.4, -0.2) is 47.0 Å². The molecule has 1 aliphatic rings. The molecule has 96 valence electrons. The summed E-state index contributed by atoms with van der Waals surface area (Å²) in [5.74, 6) is 0.194. The molecule has 1 atom stereocenters. The zero-order valence-electron chi connectivity index (χ0n) is 9.87. The first-order chi connectivity index (χ1) is 7.64. The second-order valence-corrected chi connectivity index (χ2v) is 6.02. The van der Waals surface area contributed by atoms with Gasteiger partial charge in [-0.15, -0.1) is 0 Å². The number of rotatable bonds is 8. The van der Waals surface area contributed by atoms with Gasteiger partial charge in [-0.1, -0.05) is 0 Å². The lowest BCUT2D eigenvalue weighted by Crippen LogP contribution is -2.30. The van der Waals surface area contributed by atoms with Gasteiger partial charge >= 0.3 is 0 Å². The highest BCUT2D eigenvalue weighted by Gasteiger charge is 2.16. The van der Waals surface area contributed by atoms with Gasteiger partial charge in [-0.25, -0.2) is 13.1 Å². The molecule has 0 aromatic heterocycles. The Labute approximate surface area is 98.0 Å². The van der Waals surface area contributed by atoms with Crippen LogP contribution in [0.4, 0.5) is 0 Å². The monoisotopic (exact) mass is 250 g/mol. The van der Waals surface area contributed by atoms with Crippen molar-refractivity contribution in [3.05, 3.63) is 0 Å². The molecule has 1 fully saturated rings. The van der Waals surface area contributed by atoms with Crippen molar-refractivity contribution in [3.63, 3.8) is 0 Å². The Morgan fingerprint density at radius 2 is 2.19 bits per heavy atom. The van der Waals surface area contributed by atoms with Gasteiger partial charge in [0, 0.05) is 13.2 Å². The second-order valence-electron chi connectivity index (χ2n) is 4.09. The topological polar surface area (TPSA) is 67.4 Å². The summed E-state index contributed by atoms with van der Waals surface area (Å²) < 4.78 is 31.0. The van der Waals surface area contributed by atoms with Crippen LogP contribution in [0.2, 0.25) is 0 Å². The molecular weight excluding hydrogens is 228 g/mol. The second kappa shape index (κ2) is 7.21. The molecule has 1 unspecified atom stereocenters. The van der Waals surface area contributed by atoms with E-state index in [1.54, 1.807) is 0 Å². The molecule has 0 radical (unpaired) electrons. The molecule has 6 heteroatoms. The van der Waals surface area contributed by atoms with Gasteiger partial charge in [-0.05, 0) is 39.3 Å². The third kappa shape index (κ3) is 5.79. The molecule has 2 N–H and O–H groups in total. The summed E-state index contributed by atoms with van der Waals surface area (Å²) in [6, 6.07) is 0. The van der Waals surface area contributed by atoms with E-state index in [4.69, 9.17) is 4.74 Å². The van der Waals surface area contributed by atoms with Gasteiger partial charge in [-0.2, -0.15) is 0 Å². The Kier molecular flexibility index (Phi) is 6.26. The molecule has 0 aromatic carbocycles. The third-order valence-electron chi connectivity index (χ3n) is 2.65. The highest BCUT2D eigenvalue weighted by atomic mass is 32.2. The standard InChI is InChI=1S/C10H22N2O3S/c1-11-6-3-9-16(13,14)12-7-5-10-4-2-8-15-10/h10-12H,2-9H2,1H3. The molecule has 1 heterocycles. The lowest BCUT2D eigenvalue weighted by Gasteiger charge is -2.10. The summed E-state index contributed by atoms with van der Waals surface area (Å²) in [6.45, 7) is 2.04. The van der Waals surface area contributed by atoms with Crippen LogP contribution >= 0.6 is 0 Å². The molecular formula is C10H22N2O3S. The highest BCUT2D eigenvalue weighted by molar-refractivity contribution is 7.89. The van der Waals surface area contributed by atoms with Gasteiger partial charge in [-0.3, -0.25) is 0 Å². The highest BCUT2D eigenvalue weighted by Crippen LogP contribution is 2.14. The van der Waals surface area contributed by atoms with Crippen molar-refractivity contribution in [1.82, 2.24) is 10.0 Å². The first-order valence-corrected chi connectivity index (χ1v) is 7.53. The van der Waals surface area contributed by atoms with Crippen LogP contribution in [0.15, 0.2) is 0 Å². The van der Waals surface area contributed by atoms with Crippen LogP contribution in [0.1, 0.15) is 25.7 Å². The van der Waals surface area contributed by atoms with Crippen LogP contribution < -0.4 is 10.0 Å². The van der Waals surface area contributed by atoms with Gasteiger partial charge in [0.25, 0.3) is 0 Å². The van der Waals surface area contributed by atoms with E-state index in [0.717, 1.165) is 32.4 Å². The first-order valence-electron chi connectivity index (χ1n) is 5.87. The molecule has 0 aliphatic carbocycles. The summed E-state index contributed by atoms with van der Waals surface area (Å²) in [7, 11) is -1.27. The van der Waals surface area contributed by atoms with E-state index < -0.39 is 10.0 Å². The smallest absolute Gasteiger partial charge is 0.211 e. The molecule has 0 spiro atoms. The zero-order chi connectivity index (χ0) is 11.9.